The van der Waals surface area contributed by atoms with Crippen LogP contribution < -0.4 is 5.32 Å². The molecule has 0 saturated heterocycles. The number of likely N-dealkylation sites (N-methyl/N-ethyl adjacent to an activating group) is 1. The van der Waals surface area contributed by atoms with Gasteiger partial charge in [-0.15, -0.1) is 0 Å². The van der Waals surface area contributed by atoms with E-state index in [0.29, 0.717) is 0 Å². The van der Waals surface area contributed by atoms with Crippen LogP contribution >= 0.6 is 11.6 Å². The van der Waals surface area contributed by atoms with Crippen LogP contribution in [0.4, 0.5) is 0 Å². The minimum Gasteiger partial charge on any atom is -0.361 e. The van der Waals surface area contributed by atoms with E-state index >= 15 is 0 Å². The molecular weight excluding hydrogens is 346 g/mol. The molecule has 136 valence electrons. The minimum atomic E-state index is -0.139. The van der Waals surface area contributed by atoms with Gasteiger partial charge in [-0.25, -0.2) is 0 Å². The summed E-state index contributed by atoms with van der Waals surface area (Å²) in [4.78, 5) is 17.2. The fraction of sp³-hybridized carbons (Fsp3) is 0.286. The van der Waals surface area contributed by atoms with E-state index in [9.17, 15) is 4.79 Å². The van der Waals surface area contributed by atoms with E-state index in [0.717, 1.165) is 22.6 Å². The number of hydrogen-bond donors (Lipinski definition) is 2. The Kier molecular flexibility index (Phi) is 5.64. The first-order chi connectivity index (χ1) is 12.5. The predicted molar refractivity (Wildman–Crippen MR) is 107 cm³/mol. The zero-order valence-electron chi connectivity index (χ0n) is 15.4. The normalized spacial score (nSPS) is 13.5. The number of para-hydroxylation sites is 1. The third-order valence-corrected chi connectivity index (χ3v) is 5.18. The number of halogens is 1. The Morgan fingerprint density at radius 3 is 2.54 bits per heavy atom. The number of carbonyl (C=O) groups is 1. The molecule has 3 rings (SSSR count). The van der Waals surface area contributed by atoms with Crippen molar-refractivity contribution in [1.82, 2.24) is 9.88 Å². The Balaban J connectivity index is 1.95. The quantitative estimate of drug-likeness (QED) is 0.688. The first-order valence-corrected chi connectivity index (χ1v) is 9.21. The summed E-state index contributed by atoms with van der Waals surface area (Å²) in [7, 11) is 3.58. The average molecular weight is 371 g/mol. The molecule has 3 N–H and O–H groups in total. The van der Waals surface area contributed by atoms with E-state index in [-0.39, 0.29) is 17.9 Å². The SMILES string of the molecule is C[C@H]([NH2+]C[C@H](c1ccccc1Cl)c1c[nH]c2ccccc12)C(=O)N(C)C. The summed E-state index contributed by atoms with van der Waals surface area (Å²) in [6.07, 6.45) is 2.06. The molecule has 26 heavy (non-hydrogen) atoms. The van der Waals surface area contributed by atoms with E-state index in [1.807, 2.05) is 37.3 Å². The molecule has 0 aliphatic heterocycles. The zero-order valence-corrected chi connectivity index (χ0v) is 16.1. The van der Waals surface area contributed by atoms with Crippen molar-refractivity contribution in [3.05, 3.63) is 70.9 Å². The van der Waals surface area contributed by atoms with Crippen LogP contribution in [0.5, 0.6) is 0 Å². The molecule has 1 amide bonds. The molecule has 2 aromatic carbocycles. The maximum atomic E-state index is 12.2. The number of nitrogens with zero attached hydrogens (tertiary/aromatic N) is 1. The largest absolute Gasteiger partial charge is 0.361 e. The van der Waals surface area contributed by atoms with E-state index in [1.165, 1.54) is 10.9 Å². The molecule has 0 saturated carbocycles. The second-order valence-corrected chi connectivity index (χ2v) is 7.26. The summed E-state index contributed by atoms with van der Waals surface area (Å²) >= 11 is 6.52. The van der Waals surface area contributed by atoms with E-state index in [2.05, 4.69) is 34.7 Å². The lowest BCUT2D eigenvalue weighted by atomic mass is 9.90. The lowest BCUT2D eigenvalue weighted by Gasteiger charge is -2.21. The standard InChI is InChI=1S/C21H24ClN3O/c1-14(21(26)25(2)3)23-12-17(15-8-4-6-10-19(15)22)18-13-24-20-11-7-5-9-16(18)20/h4-11,13-14,17,23-24H,12H2,1-3H3/p+1/t14-,17+/m0/s1. The molecule has 0 bridgehead atoms. The lowest BCUT2D eigenvalue weighted by Crippen LogP contribution is -2.92. The van der Waals surface area contributed by atoms with Crippen LogP contribution in [0.2, 0.25) is 5.02 Å². The summed E-state index contributed by atoms with van der Waals surface area (Å²) < 4.78 is 0. The summed E-state index contributed by atoms with van der Waals surface area (Å²) in [6.45, 7) is 2.69. The monoisotopic (exact) mass is 370 g/mol. The summed E-state index contributed by atoms with van der Waals surface area (Å²) in [5, 5.41) is 4.04. The van der Waals surface area contributed by atoms with Crippen molar-refractivity contribution in [1.29, 1.82) is 0 Å². The average Bonchev–Trinajstić information content (AvgIpc) is 3.06. The second kappa shape index (κ2) is 7.94. The highest BCUT2D eigenvalue weighted by Gasteiger charge is 2.25. The maximum absolute atomic E-state index is 12.2. The summed E-state index contributed by atoms with van der Waals surface area (Å²) in [6, 6.07) is 16.1. The van der Waals surface area contributed by atoms with Gasteiger partial charge >= 0.3 is 0 Å². The topological polar surface area (TPSA) is 52.7 Å². The van der Waals surface area contributed by atoms with Crippen LogP contribution in [0.3, 0.4) is 0 Å². The first kappa shape index (κ1) is 18.5. The van der Waals surface area contributed by atoms with Crippen molar-refractivity contribution in [2.75, 3.05) is 20.6 Å². The Morgan fingerprint density at radius 1 is 1.12 bits per heavy atom. The minimum absolute atomic E-state index is 0.0947. The van der Waals surface area contributed by atoms with Gasteiger partial charge in [-0.1, -0.05) is 48.0 Å². The van der Waals surface area contributed by atoms with E-state index in [4.69, 9.17) is 11.6 Å². The lowest BCUT2D eigenvalue weighted by molar-refractivity contribution is -0.675. The molecule has 0 aliphatic rings. The molecule has 5 heteroatoms. The number of benzene rings is 2. The first-order valence-electron chi connectivity index (χ1n) is 8.84. The van der Waals surface area contributed by atoms with Crippen molar-refractivity contribution >= 4 is 28.4 Å². The van der Waals surface area contributed by atoms with Gasteiger partial charge in [-0.3, -0.25) is 4.79 Å². The number of quaternary nitrogens is 1. The second-order valence-electron chi connectivity index (χ2n) is 6.86. The fourth-order valence-electron chi connectivity index (χ4n) is 3.41. The van der Waals surface area contributed by atoms with Gasteiger partial charge in [-0.2, -0.15) is 0 Å². The van der Waals surface area contributed by atoms with Gasteiger partial charge in [0.15, 0.2) is 6.04 Å². The fourth-order valence-corrected chi connectivity index (χ4v) is 3.68. The van der Waals surface area contributed by atoms with Gasteiger partial charge in [0.2, 0.25) is 0 Å². The van der Waals surface area contributed by atoms with Crippen molar-refractivity contribution in [3.8, 4) is 0 Å². The van der Waals surface area contributed by atoms with Crippen LogP contribution in [-0.2, 0) is 4.79 Å². The number of aromatic nitrogens is 1. The molecule has 0 radical (unpaired) electrons. The molecule has 1 heterocycles. The number of carbonyl (C=O) groups excluding carboxylic acids is 1. The predicted octanol–water partition coefficient (Wildman–Crippen LogP) is 2.99. The number of nitrogens with two attached hydrogens (primary N) is 1. The van der Waals surface area contributed by atoms with Crippen molar-refractivity contribution in [3.63, 3.8) is 0 Å². The molecule has 3 aromatic rings. The number of nitrogens with one attached hydrogen (secondary N) is 1. The molecule has 0 fully saturated rings. The van der Waals surface area contributed by atoms with Crippen LogP contribution in [0.15, 0.2) is 54.7 Å². The molecule has 2 atom stereocenters. The van der Waals surface area contributed by atoms with Crippen LogP contribution in [0.1, 0.15) is 24.0 Å². The number of amides is 1. The number of hydrogen-bond acceptors (Lipinski definition) is 1. The number of aromatic amines is 1. The zero-order chi connectivity index (χ0) is 18.7. The Bertz CT molecular complexity index is 903. The third kappa shape index (κ3) is 3.76. The highest BCUT2D eigenvalue weighted by Crippen LogP contribution is 2.33. The number of fused-ring (bicyclic) bond motifs is 1. The molecule has 0 spiro atoms. The van der Waals surface area contributed by atoms with Gasteiger partial charge in [0.05, 0.1) is 12.5 Å². The Morgan fingerprint density at radius 2 is 1.81 bits per heavy atom. The van der Waals surface area contributed by atoms with Gasteiger partial charge in [0.25, 0.3) is 5.91 Å². The van der Waals surface area contributed by atoms with E-state index in [1.54, 1.807) is 19.0 Å². The van der Waals surface area contributed by atoms with Crippen molar-refractivity contribution < 1.29 is 10.1 Å². The molecule has 1 aromatic heterocycles. The molecular formula is C21H25ClN3O+. The summed E-state index contributed by atoms with van der Waals surface area (Å²) in [5.74, 6) is 0.207. The van der Waals surface area contributed by atoms with Crippen molar-refractivity contribution in [2.45, 2.75) is 18.9 Å². The van der Waals surface area contributed by atoms with Crippen LogP contribution in [0, 0.1) is 0 Å². The Labute approximate surface area is 159 Å². The number of H-pyrrole nitrogens is 1. The Hall–Kier alpha value is -2.30. The number of rotatable bonds is 6. The van der Waals surface area contributed by atoms with Gasteiger partial charge < -0.3 is 15.2 Å². The van der Waals surface area contributed by atoms with Crippen LogP contribution in [0.25, 0.3) is 10.9 Å². The van der Waals surface area contributed by atoms with Gasteiger partial charge in [-0.05, 0) is 30.2 Å². The highest BCUT2D eigenvalue weighted by atomic mass is 35.5. The molecule has 0 aliphatic carbocycles. The van der Waals surface area contributed by atoms with E-state index < -0.39 is 0 Å². The molecule has 4 nitrogen and oxygen atoms in total. The summed E-state index contributed by atoms with van der Waals surface area (Å²) in [5.41, 5.74) is 3.39. The molecule has 0 unspecified atom stereocenters. The van der Waals surface area contributed by atoms with Gasteiger partial charge in [0, 0.05) is 36.2 Å². The van der Waals surface area contributed by atoms with Gasteiger partial charge in [0.1, 0.15) is 0 Å². The maximum Gasteiger partial charge on any atom is 0.279 e. The van der Waals surface area contributed by atoms with Crippen molar-refractivity contribution in [2.24, 2.45) is 0 Å². The third-order valence-electron chi connectivity index (χ3n) is 4.83. The smallest absolute Gasteiger partial charge is 0.279 e. The highest BCUT2D eigenvalue weighted by molar-refractivity contribution is 6.31. The van der Waals surface area contributed by atoms with Crippen LogP contribution in [-0.4, -0.2) is 42.5 Å².